The number of hydrogen-bond acceptors (Lipinski definition) is 4. The van der Waals surface area contributed by atoms with Crippen LogP contribution in [0.15, 0.2) is 42.6 Å². The predicted molar refractivity (Wildman–Crippen MR) is 65.3 cm³/mol. The number of rotatable bonds is 4. The smallest absolute Gasteiger partial charge is 0.387 e. The summed E-state index contributed by atoms with van der Waals surface area (Å²) < 4.78 is 28.2. The van der Waals surface area contributed by atoms with Crippen LogP contribution in [0.1, 0.15) is 5.69 Å². The number of nitriles is 1. The molecule has 0 saturated carbocycles. The lowest BCUT2D eigenvalue weighted by molar-refractivity contribution is -0.0498. The molecule has 0 aliphatic rings. The van der Waals surface area contributed by atoms with Gasteiger partial charge in [0.1, 0.15) is 17.5 Å². The van der Waals surface area contributed by atoms with Gasteiger partial charge in [-0.05, 0) is 36.4 Å². The first-order valence-corrected chi connectivity index (χ1v) is 5.35. The first-order chi connectivity index (χ1) is 9.17. The van der Waals surface area contributed by atoms with Crippen molar-refractivity contribution in [1.82, 2.24) is 4.98 Å². The molecule has 0 aliphatic heterocycles. The van der Waals surface area contributed by atoms with Crippen molar-refractivity contribution in [2.75, 3.05) is 5.32 Å². The molecule has 0 radical (unpaired) electrons. The van der Waals surface area contributed by atoms with Gasteiger partial charge in [-0.15, -0.1) is 0 Å². The molecule has 0 aliphatic carbocycles. The van der Waals surface area contributed by atoms with Crippen LogP contribution < -0.4 is 10.1 Å². The number of nitrogens with zero attached hydrogens (tertiary/aromatic N) is 2. The van der Waals surface area contributed by atoms with Crippen molar-refractivity contribution in [2.24, 2.45) is 0 Å². The minimum atomic E-state index is -2.83. The first kappa shape index (κ1) is 12.8. The first-order valence-electron chi connectivity index (χ1n) is 5.35. The maximum Gasteiger partial charge on any atom is 0.387 e. The van der Waals surface area contributed by atoms with Gasteiger partial charge >= 0.3 is 6.61 Å². The van der Waals surface area contributed by atoms with Crippen molar-refractivity contribution in [1.29, 1.82) is 5.26 Å². The predicted octanol–water partition coefficient (Wildman–Crippen LogP) is 3.30. The van der Waals surface area contributed by atoms with E-state index in [4.69, 9.17) is 5.26 Å². The molecule has 1 heterocycles. The number of benzene rings is 1. The van der Waals surface area contributed by atoms with Crippen LogP contribution in [-0.4, -0.2) is 11.6 Å². The Morgan fingerprint density at radius 3 is 2.32 bits per heavy atom. The summed E-state index contributed by atoms with van der Waals surface area (Å²) in [5.41, 5.74) is 1.72. The highest BCUT2D eigenvalue weighted by atomic mass is 19.3. The van der Waals surface area contributed by atoms with Gasteiger partial charge in [0.15, 0.2) is 0 Å². The summed E-state index contributed by atoms with van der Waals surface area (Å²) in [6.45, 7) is -2.83. The molecule has 0 bridgehead atoms. The van der Waals surface area contributed by atoms with Crippen molar-refractivity contribution >= 4 is 11.4 Å². The molecule has 1 aromatic carbocycles. The molecule has 2 rings (SSSR count). The van der Waals surface area contributed by atoms with Crippen LogP contribution in [0.25, 0.3) is 0 Å². The number of pyridine rings is 1. The molecule has 0 amide bonds. The van der Waals surface area contributed by atoms with Gasteiger partial charge in [-0.2, -0.15) is 14.0 Å². The third-order valence-electron chi connectivity index (χ3n) is 2.25. The van der Waals surface area contributed by atoms with Crippen molar-refractivity contribution in [3.05, 3.63) is 48.3 Å². The molecule has 96 valence electrons. The Labute approximate surface area is 108 Å². The van der Waals surface area contributed by atoms with E-state index in [0.717, 1.165) is 0 Å². The highest BCUT2D eigenvalue weighted by molar-refractivity contribution is 5.59. The summed E-state index contributed by atoms with van der Waals surface area (Å²) in [4.78, 5) is 3.90. The summed E-state index contributed by atoms with van der Waals surface area (Å²) in [6, 6.07) is 11.3. The zero-order chi connectivity index (χ0) is 13.7. The zero-order valence-electron chi connectivity index (χ0n) is 9.68. The lowest BCUT2D eigenvalue weighted by atomic mass is 10.3. The number of ether oxygens (including phenoxy) is 1. The molecule has 1 aromatic heterocycles. The highest BCUT2D eigenvalue weighted by Crippen LogP contribution is 2.20. The van der Waals surface area contributed by atoms with Gasteiger partial charge in [0.25, 0.3) is 0 Å². The van der Waals surface area contributed by atoms with E-state index in [1.165, 1.54) is 18.3 Å². The molecule has 1 N–H and O–H groups in total. The number of hydrogen-bond donors (Lipinski definition) is 1. The molecular formula is C13H9F2N3O. The molecular weight excluding hydrogens is 252 g/mol. The second kappa shape index (κ2) is 5.78. The van der Waals surface area contributed by atoms with Gasteiger partial charge in [0.2, 0.25) is 0 Å². The fourth-order valence-electron chi connectivity index (χ4n) is 1.42. The van der Waals surface area contributed by atoms with Crippen LogP contribution in [0.2, 0.25) is 0 Å². The van der Waals surface area contributed by atoms with Gasteiger partial charge in [0, 0.05) is 5.69 Å². The monoisotopic (exact) mass is 261 g/mol. The van der Waals surface area contributed by atoms with Gasteiger partial charge < -0.3 is 10.1 Å². The Morgan fingerprint density at radius 2 is 1.79 bits per heavy atom. The van der Waals surface area contributed by atoms with E-state index in [-0.39, 0.29) is 5.75 Å². The van der Waals surface area contributed by atoms with Crippen molar-refractivity contribution < 1.29 is 13.5 Å². The van der Waals surface area contributed by atoms with Crippen molar-refractivity contribution in [3.63, 3.8) is 0 Å². The third-order valence-corrected chi connectivity index (χ3v) is 2.25. The molecule has 6 heteroatoms. The van der Waals surface area contributed by atoms with Gasteiger partial charge in [-0.1, -0.05) is 0 Å². The van der Waals surface area contributed by atoms with Crippen LogP contribution in [0.5, 0.6) is 5.75 Å². The van der Waals surface area contributed by atoms with E-state index < -0.39 is 6.61 Å². The fourth-order valence-corrected chi connectivity index (χ4v) is 1.42. The Kier molecular flexibility index (Phi) is 3.88. The molecule has 0 saturated heterocycles. The fraction of sp³-hybridized carbons (Fsp3) is 0.0769. The van der Waals surface area contributed by atoms with Crippen LogP contribution in [0.4, 0.5) is 20.2 Å². The molecule has 4 nitrogen and oxygen atoms in total. The number of halogens is 2. The normalized spacial score (nSPS) is 10.0. The van der Waals surface area contributed by atoms with Gasteiger partial charge in [0.05, 0.1) is 11.9 Å². The van der Waals surface area contributed by atoms with E-state index in [2.05, 4.69) is 15.0 Å². The second-order valence-electron chi connectivity index (χ2n) is 3.57. The van der Waals surface area contributed by atoms with Crippen LogP contribution in [0.3, 0.4) is 0 Å². The molecule has 0 spiro atoms. The van der Waals surface area contributed by atoms with Gasteiger partial charge in [-0.25, -0.2) is 4.98 Å². The van der Waals surface area contributed by atoms with Crippen LogP contribution in [0, 0.1) is 11.3 Å². The number of aromatic nitrogens is 1. The molecule has 0 atom stereocenters. The quantitative estimate of drug-likeness (QED) is 0.917. The van der Waals surface area contributed by atoms with Gasteiger partial charge in [-0.3, -0.25) is 0 Å². The lowest BCUT2D eigenvalue weighted by Gasteiger charge is -2.08. The van der Waals surface area contributed by atoms with E-state index in [0.29, 0.717) is 17.1 Å². The topological polar surface area (TPSA) is 57.9 Å². The third kappa shape index (κ3) is 3.64. The average molecular weight is 261 g/mol. The highest BCUT2D eigenvalue weighted by Gasteiger charge is 2.03. The summed E-state index contributed by atoms with van der Waals surface area (Å²) in [7, 11) is 0. The van der Waals surface area contributed by atoms with E-state index >= 15 is 0 Å². The Balaban J connectivity index is 2.04. The number of anilines is 2. The second-order valence-corrected chi connectivity index (χ2v) is 3.57. The van der Waals surface area contributed by atoms with E-state index in [9.17, 15) is 8.78 Å². The summed E-state index contributed by atoms with van der Waals surface area (Å²) >= 11 is 0. The maximum absolute atomic E-state index is 12.0. The van der Waals surface area contributed by atoms with Crippen molar-refractivity contribution in [3.8, 4) is 11.8 Å². The van der Waals surface area contributed by atoms with Crippen LogP contribution >= 0.6 is 0 Å². The van der Waals surface area contributed by atoms with E-state index in [1.807, 2.05) is 6.07 Å². The van der Waals surface area contributed by atoms with Crippen molar-refractivity contribution in [2.45, 2.75) is 6.61 Å². The lowest BCUT2D eigenvalue weighted by Crippen LogP contribution is -2.01. The Bertz CT molecular complexity index is 576. The summed E-state index contributed by atoms with van der Waals surface area (Å²) in [5, 5.41) is 11.6. The average Bonchev–Trinajstić information content (AvgIpc) is 2.41. The molecule has 19 heavy (non-hydrogen) atoms. The SMILES string of the molecule is N#Cc1ccc(Nc2ccc(OC(F)F)cc2)cn1. The van der Waals surface area contributed by atoms with E-state index in [1.54, 1.807) is 24.3 Å². The summed E-state index contributed by atoms with van der Waals surface area (Å²) in [5.74, 6) is 0.0958. The minimum Gasteiger partial charge on any atom is -0.435 e. The minimum absolute atomic E-state index is 0.0958. The molecule has 2 aromatic rings. The molecule has 0 unspecified atom stereocenters. The standard InChI is InChI=1S/C13H9F2N3O/c14-13(15)19-12-5-3-9(4-6-12)18-11-2-1-10(7-16)17-8-11/h1-6,8,13,18H. The Morgan fingerprint density at radius 1 is 1.11 bits per heavy atom. The molecule has 0 fully saturated rings. The number of alkyl halides is 2. The van der Waals surface area contributed by atoms with Crippen LogP contribution in [-0.2, 0) is 0 Å². The zero-order valence-corrected chi connectivity index (χ0v) is 9.68. The maximum atomic E-state index is 12.0. The number of nitrogens with one attached hydrogen (secondary N) is 1. The summed E-state index contributed by atoms with van der Waals surface area (Å²) in [6.07, 6.45) is 1.52. The largest absolute Gasteiger partial charge is 0.435 e. The Hall–Kier alpha value is -2.68.